The van der Waals surface area contributed by atoms with Crippen LogP contribution in [-0.4, -0.2) is 42.0 Å². The lowest BCUT2D eigenvalue weighted by molar-refractivity contribution is 0.338. The molecule has 0 amide bonds. The first-order valence-electron chi connectivity index (χ1n) is 5.58. The zero-order valence-electron chi connectivity index (χ0n) is 9.32. The number of nitrogens with zero attached hydrogens (tertiary/aromatic N) is 2. The number of aliphatic imine (C=N–C) groups is 1. The van der Waals surface area contributed by atoms with Gasteiger partial charge in [0, 0.05) is 24.6 Å². The third-order valence-corrected chi connectivity index (χ3v) is 3.37. The quantitative estimate of drug-likeness (QED) is 0.336. The van der Waals surface area contributed by atoms with E-state index in [1.165, 1.54) is 19.3 Å². The first-order chi connectivity index (χ1) is 7.34. The Morgan fingerprint density at radius 3 is 2.80 bits per heavy atom. The van der Waals surface area contributed by atoms with E-state index < -0.39 is 0 Å². The van der Waals surface area contributed by atoms with Crippen LogP contribution < -0.4 is 5.73 Å². The molecule has 0 aromatic carbocycles. The summed E-state index contributed by atoms with van der Waals surface area (Å²) < 4.78 is 0. The summed E-state index contributed by atoms with van der Waals surface area (Å²) in [5.41, 5.74) is 5.91. The van der Waals surface area contributed by atoms with Crippen LogP contribution >= 0.6 is 11.8 Å². The third kappa shape index (κ3) is 5.11. The second-order valence-corrected chi connectivity index (χ2v) is 4.80. The predicted molar refractivity (Wildman–Crippen MR) is 69.4 cm³/mol. The molecule has 0 bridgehead atoms. The molecule has 0 radical (unpaired) electrons. The molecular weight excluding hydrogens is 206 g/mol. The minimum atomic E-state index is 0.730. The highest BCUT2D eigenvalue weighted by Crippen LogP contribution is 2.08. The lowest BCUT2D eigenvalue weighted by Gasteiger charge is -2.27. The summed E-state index contributed by atoms with van der Waals surface area (Å²) in [6, 6.07) is 0. The standard InChI is InChI=1S/C11H21N3S/c1-2-9-15-10-6-13-11(12)14-7-4-3-5-8-14/h2H,1,3-10H2,(H2,12,13). The van der Waals surface area contributed by atoms with Gasteiger partial charge < -0.3 is 10.6 Å². The first-order valence-corrected chi connectivity index (χ1v) is 6.73. The molecule has 15 heavy (non-hydrogen) atoms. The molecule has 3 nitrogen and oxygen atoms in total. The van der Waals surface area contributed by atoms with E-state index in [0.29, 0.717) is 0 Å². The zero-order chi connectivity index (χ0) is 10.9. The number of hydrogen-bond donors (Lipinski definition) is 1. The number of hydrogen-bond acceptors (Lipinski definition) is 2. The maximum absolute atomic E-state index is 5.91. The van der Waals surface area contributed by atoms with Crippen molar-refractivity contribution < 1.29 is 0 Å². The Bertz CT molecular complexity index is 210. The van der Waals surface area contributed by atoms with Gasteiger partial charge in [0.25, 0.3) is 0 Å². The van der Waals surface area contributed by atoms with Crippen molar-refractivity contribution >= 4 is 17.7 Å². The van der Waals surface area contributed by atoms with Crippen LogP contribution in [0.1, 0.15) is 19.3 Å². The molecule has 0 aliphatic carbocycles. The highest BCUT2D eigenvalue weighted by Gasteiger charge is 2.11. The number of thioether (sulfide) groups is 1. The fourth-order valence-electron chi connectivity index (χ4n) is 1.61. The Balaban J connectivity index is 2.16. The summed E-state index contributed by atoms with van der Waals surface area (Å²) in [4.78, 5) is 6.58. The molecule has 0 unspecified atom stereocenters. The molecule has 0 aromatic heterocycles. The van der Waals surface area contributed by atoms with Crippen molar-refractivity contribution in [3.63, 3.8) is 0 Å². The van der Waals surface area contributed by atoms with Crippen molar-refractivity contribution in [2.75, 3.05) is 31.1 Å². The van der Waals surface area contributed by atoms with Crippen molar-refractivity contribution in [3.05, 3.63) is 12.7 Å². The zero-order valence-corrected chi connectivity index (χ0v) is 10.1. The number of rotatable bonds is 5. The molecule has 1 rings (SSSR count). The van der Waals surface area contributed by atoms with Gasteiger partial charge in [0.1, 0.15) is 0 Å². The van der Waals surface area contributed by atoms with Gasteiger partial charge in [0.05, 0.1) is 6.54 Å². The summed E-state index contributed by atoms with van der Waals surface area (Å²) in [6.45, 7) is 6.65. The molecule has 1 saturated heterocycles. The molecule has 0 spiro atoms. The summed E-state index contributed by atoms with van der Waals surface area (Å²) in [5, 5.41) is 0. The van der Waals surface area contributed by atoms with Gasteiger partial charge in [0.15, 0.2) is 5.96 Å². The lowest BCUT2D eigenvalue weighted by Crippen LogP contribution is -2.41. The van der Waals surface area contributed by atoms with Gasteiger partial charge in [-0.15, -0.1) is 6.58 Å². The fraction of sp³-hybridized carbons (Fsp3) is 0.727. The number of nitrogens with two attached hydrogens (primary N) is 1. The van der Waals surface area contributed by atoms with Crippen LogP contribution in [0.3, 0.4) is 0 Å². The molecule has 0 aromatic rings. The van der Waals surface area contributed by atoms with Crippen molar-refractivity contribution in [2.45, 2.75) is 19.3 Å². The van der Waals surface area contributed by atoms with Gasteiger partial charge in [-0.1, -0.05) is 6.08 Å². The average molecular weight is 227 g/mol. The smallest absolute Gasteiger partial charge is 0.191 e. The van der Waals surface area contributed by atoms with Crippen LogP contribution in [0.2, 0.25) is 0 Å². The van der Waals surface area contributed by atoms with E-state index in [0.717, 1.165) is 37.1 Å². The molecule has 1 fully saturated rings. The number of guanidine groups is 1. The largest absolute Gasteiger partial charge is 0.370 e. The van der Waals surface area contributed by atoms with Crippen molar-refractivity contribution in [1.82, 2.24) is 4.90 Å². The molecule has 0 saturated carbocycles. The summed E-state index contributed by atoms with van der Waals surface area (Å²) >= 11 is 1.84. The van der Waals surface area contributed by atoms with E-state index in [1.54, 1.807) is 0 Å². The molecule has 1 heterocycles. The van der Waals surface area contributed by atoms with Crippen LogP contribution in [-0.2, 0) is 0 Å². The van der Waals surface area contributed by atoms with Crippen LogP contribution in [0.25, 0.3) is 0 Å². The molecule has 0 atom stereocenters. The maximum atomic E-state index is 5.91. The molecule has 1 aliphatic rings. The van der Waals surface area contributed by atoms with E-state index in [4.69, 9.17) is 5.73 Å². The Labute approximate surface area is 96.8 Å². The van der Waals surface area contributed by atoms with E-state index >= 15 is 0 Å². The van der Waals surface area contributed by atoms with Crippen molar-refractivity contribution in [2.24, 2.45) is 10.7 Å². The minimum Gasteiger partial charge on any atom is -0.370 e. The van der Waals surface area contributed by atoms with Gasteiger partial charge >= 0.3 is 0 Å². The Morgan fingerprint density at radius 1 is 1.40 bits per heavy atom. The van der Waals surface area contributed by atoms with Crippen LogP contribution in [0.4, 0.5) is 0 Å². The average Bonchev–Trinajstić information content (AvgIpc) is 2.30. The molecule has 86 valence electrons. The van der Waals surface area contributed by atoms with Crippen molar-refractivity contribution in [3.8, 4) is 0 Å². The van der Waals surface area contributed by atoms with E-state index in [9.17, 15) is 0 Å². The lowest BCUT2D eigenvalue weighted by atomic mass is 10.1. The fourth-order valence-corrected chi connectivity index (χ4v) is 2.17. The van der Waals surface area contributed by atoms with E-state index in [1.807, 2.05) is 17.8 Å². The molecule has 2 N–H and O–H groups in total. The van der Waals surface area contributed by atoms with Gasteiger partial charge in [-0.3, -0.25) is 4.99 Å². The maximum Gasteiger partial charge on any atom is 0.191 e. The minimum absolute atomic E-state index is 0.730. The second-order valence-electron chi connectivity index (χ2n) is 3.65. The second kappa shape index (κ2) is 7.63. The molecule has 4 heteroatoms. The van der Waals surface area contributed by atoms with Gasteiger partial charge in [-0.25, -0.2) is 0 Å². The van der Waals surface area contributed by atoms with Gasteiger partial charge in [-0.2, -0.15) is 11.8 Å². The third-order valence-electron chi connectivity index (χ3n) is 2.43. The highest BCUT2D eigenvalue weighted by atomic mass is 32.2. The summed E-state index contributed by atoms with van der Waals surface area (Å²) in [6.07, 6.45) is 5.75. The summed E-state index contributed by atoms with van der Waals surface area (Å²) in [7, 11) is 0. The SMILES string of the molecule is C=CCSCCN=C(N)N1CCCCC1. The monoisotopic (exact) mass is 227 g/mol. The normalized spacial score (nSPS) is 17.9. The number of likely N-dealkylation sites (tertiary alicyclic amines) is 1. The van der Waals surface area contributed by atoms with Crippen molar-refractivity contribution in [1.29, 1.82) is 0 Å². The van der Waals surface area contributed by atoms with Crippen LogP contribution in [0.5, 0.6) is 0 Å². The van der Waals surface area contributed by atoms with E-state index in [-0.39, 0.29) is 0 Å². The van der Waals surface area contributed by atoms with E-state index in [2.05, 4.69) is 16.5 Å². The molecular formula is C11H21N3S. The van der Waals surface area contributed by atoms with Crippen LogP contribution in [0.15, 0.2) is 17.6 Å². The Hall–Kier alpha value is -0.640. The first kappa shape index (κ1) is 12.4. The van der Waals surface area contributed by atoms with Gasteiger partial charge in [-0.05, 0) is 19.3 Å². The highest BCUT2D eigenvalue weighted by molar-refractivity contribution is 7.99. The number of piperidine rings is 1. The van der Waals surface area contributed by atoms with Gasteiger partial charge in [0.2, 0.25) is 0 Å². The predicted octanol–water partition coefficient (Wildman–Crippen LogP) is 1.71. The Morgan fingerprint density at radius 2 is 2.13 bits per heavy atom. The Kier molecular flexibility index (Phi) is 6.32. The topological polar surface area (TPSA) is 41.6 Å². The summed E-state index contributed by atoms with van der Waals surface area (Å²) in [5.74, 6) is 2.76. The molecule has 1 aliphatic heterocycles. The van der Waals surface area contributed by atoms with Crippen LogP contribution in [0, 0.1) is 0 Å².